The zero-order valence-corrected chi connectivity index (χ0v) is 15.1. The molecular formula is C20H24F4N2O. The number of carbonyl (C=O) groups excluding carboxylic acids is 1. The van der Waals surface area contributed by atoms with Crippen LogP contribution in [0.5, 0.6) is 0 Å². The number of likely N-dealkylation sites (tertiary alicyclic amines) is 2. The number of carbonyl (C=O) groups is 1. The van der Waals surface area contributed by atoms with E-state index in [4.69, 9.17) is 0 Å². The summed E-state index contributed by atoms with van der Waals surface area (Å²) in [6, 6.07) is 2.25. The number of hydrogen-bond donors (Lipinski definition) is 0. The second-order valence-electron chi connectivity index (χ2n) is 7.30. The number of piperidine rings is 1. The van der Waals surface area contributed by atoms with Crippen LogP contribution in [0.1, 0.15) is 48.0 Å². The van der Waals surface area contributed by atoms with Gasteiger partial charge < -0.3 is 9.80 Å². The Bertz CT molecular complexity index is 696. The first-order valence-electron chi connectivity index (χ1n) is 9.41. The predicted octanol–water partition coefficient (Wildman–Crippen LogP) is 4.49. The number of ketones is 1. The van der Waals surface area contributed by atoms with Crippen LogP contribution in [0.25, 0.3) is 0 Å². The van der Waals surface area contributed by atoms with Gasteiger partial charge in [0.1, 0.15) is 5.82 Å². The zero-order valence-electron chi connectivity index (χ0n) is 15.1. The van der Waals surface area contributed by atoms with Crippen molar-refractivity contribution in [2.75, 3.05) is 26.2 Å². The Morgan fingerprint density at radius 1 is 1.07 bits per heavy atom. The lowest BCUT2D eigenvalue weighted by Crippen LogP contribution is -2.40. The maximum Gasteiger partial charge on any atom is 0.416 e. The molecule has 2 aliphatic rings. The van der Waals surface area contributed by atoms with Crippen LogP contribution in [0.15, 0.2) is 30.5 Å². The third-order valence-corrected chi connectivity index (χ3v) is 5.27. The molecule has 0 aromatic heterocycles. The highest BCUT2D eigenvalue weighted by atomic mass is 19.4. The lowest BCUT2D eigenvalue weighted by atomic mass is 10.1. The molecule has 27 heavy (non-hydrogen) atoms. The number of allylic oxidation sites excluding steroid dienone is 1. The van der Waals surface area contributed by atoms with Crippen LogP contribution in [0.2, 0.25) is 0 Å². The Morgan fingerprint density at radius 2 is 1.81 bits per heavy atom. The average molecular weight is 384 g/mol. The van der Waals surface area contributed by atoms with E-state index in [2.05, 4.69) is 9.80 Å². The largest absolute Gasteiger partial charge is 0.416 e. The summed E-state index contributed by atoms with van der Waals surface area (Å²) in [7, 11) is 0. The summed E-state index contributed by atoms with van der Waals surface area (Å²) >= 11 is 0. The minimum Gasteiger partial charge on any atom is -0.373 e. The maximum absolute atomic E-state index is 13.5. The smallest absolute Gasteiger partial charge is 0.373 e. The normalized spacial score (nSPS) is 21.9. The summed E-state index contributed by atoms with van der Waals surface area (Å²) in [5.74, 6) is -1.69. The molecule has 2 fully saturated rings. The molecule has 0 spiro atoms. The van der Waals surface area contributed by atoms with Crippen LogP contribution in [-0.4, -0.2) is 47.8 Å². The van der Waals surface area contributed by atoms with Crippen molar-refractivity contribution >= 4 is 5.78 Å². The molecule has 0 aliphatic carbocycles. The van der Waals surface area contributed by atoms with Gasteiger partial charge in [-0.05, 0) is 57.0 Å². The highest BCUT2D eigenvalue weighted by Crippen LogP contribution is 2.30. The zero-order chi connectivity index (χ0) is 19.4. The highest BCUT2D eigenvalue weighted by molar-refractivity contribution is 6.04. The van der Waals surface area contributed by atoms with E-state index in [1.807, 2.05) is 0 Å². The van der Waals surface area contributed by atoms with Crippen LogP contribution in [0, 0.1) is 5.82 Å². The van der Waals surface area contributed by atoms with E-state index >= 15 is 0 Å². The van der Waals surface area contributed by atoms with E-state index in [1.165, 1.54) is 25.3 Å². The van der Waals surface area contributed by atoms with Gasteiger partial charge in [-0.25, -0.2) is 4.39 Å². The maximum atomic E-state index is 13.5. The summed E-state index contributed by atoms with van der Waals surface area (Å²) < 4.78 is 51.9. The van der Waals surface area contributed by atoms with Crippen molar-refractivity contribution in [1.82, 2.24) is 9.80 Å². The molecule has 148 valence electrons. The summed E-state index contributed by atoms with van der Waals surface area (Å²) in [6.07, 6.45) is 3.97. The van der Waals surface area contributed by atoms with E-state index in [0.29, 0.717) is 18.2 Å². The van der Waals surface area contributed by atoms with Gasteiger partial charge in [-0.1, -0.05) is 6.42 Å². The number of benzene rings is 1. The molecule has 3 nitrogen and oxygen atoms in total. The Hall–Kier alpha value is -1.89. The van der Waals surface area contributed by atoms with Gasteiger partial charge in [0.25, 0.3) is 0 Å². The first-order chi connectivity index (χ1) is 12.8. The van der Waals surface area contributed by atoms with Crippen molar-refractivity contribution < 1.29 is 22.4 Å². The van der Waals surface area contributed by atoms with Gasteiger partial charge in [-0.2, -0.15) is 13.2 Å². The molecule has 0 amide bonds. The van der Waals surface area contributed by atoms with Crippen LogP contribution in [0.3, 0.4) is 0 Å². The molecule has 3 rings (SSSR count). The molecule has 2 heterocycles. The highest BCUT2D eigenvalue weighted by Gasteiger charge is 2.32. The molecule has 0 radical (unpaired) electrons. The van der Waals surface area contributed by atoms with Crippen molar-refractivity contribution in [2.24, 2.45) is 0 Å². The lowest BCUT2D eigenvalue weighted by Gasteiger charge is -2.32. The average Bonchev–Trinajstić information content (AvgIpc) is 3.06. The fourth-order valence-corrected chi connectivity index (χ4v) is 3.85. The lowest BCUT2D eigenvalue weighted by molar-refractivity contribution is -0.137. The SMILES string of the molecule is O=C(/C=C/N1CCC[C@H]1CN1CCCCC1)c1cc(F)cc(C(F)(F)F)c1. The molecule has 2 aliphatic heterocycles. The van der Waals surface area contributed by atoms with Crippen molar-refractivity contribution in [2.45, 2.75) is 44.3 Å². The molecular weight excluding hydrogens is 360 g/mol. The summed E-state index contributed by atoms with van der Waals surface area (Å²) in [5.41, 5.74) is -1.44. The summed E-state index contributed by atoms with van der Waals surface area (Å²) in [6.45, 7) is 3.95. The van der Waals surface area contributed by atoms with Crippen LogP contribution in [-0.2, 0) is 6.18 Å². The topological polar surface area (TPSA) is 23.6 Å². The van der Waals surface area contributed by atoms with Crippen molar-refractivity contribution in [1.29, 1.82) is 0 Å². The molecule has 0 saturated carbocycles. The first kappa shape index (κ1) is 19.9. The third kappa shape index (κ3) is 5.31. The molecule has 2 saturated heterocycles. The van der Waals surface area contributed by atoms with E-state index in [0.717, 1.165) is 45.1 Å². The quantitative estimate of drug-likeness (QED) is 0.425. The minimum atomic E-state index is -4.69. The second-order valence-corrected chi connectivity index (χ2v) is 7.30. The monoisotopic (exact) mass is 384 g/mol. The van der Waals surface area contributed by atoms with Gasteiger partial charge in [-0.3, -0.25) is 4.79 Å². The summed E-state index contributed by atoms with van der Waals surface area (Å²) in [4.78, 5) is 16.8. The second kappa shape index (κ2) is 8.42. The number of nitrogens with zero attached hydrogens (tertiary/aromatic N) is 2. The van der Waals surface area contributed by atoms with Crippen molar-refractivity contribution in [3.63, 3.8) is 0 Å². The molecule has 1 aromatic rings. The Balaban J connectivity index is 1.66. The third-order valence-electron chi connectivity index (χ3n) is 5.27. The van der Waals surface area contributed by atoms with Gasteiger partial charge in [0, 0.05) is 37.0 Å². The fourth-order valence-electron chi connectivity index (χ4n) is 3.85. The Labute approximate surface area is 156 Å². The molecule has 0 bridgehead atoms. The molecule has 0 N–H and O–H groups in total. The van der Waals surface area contributed by atoms with E-state index in [9.17, 15) is 22.4 Å². The van der Waals surface area contributed by atoms with Gasteiger partial charge >= 0.3 is 6.18 Å². The molecule has 0 unspecified atom stereocenters. The van der Waals surface area contributed by atoms with Crippen LogP contribution < -0.4 is 0 Å². The molecule has 7 heteroatoms. The van der Waals surface area contributed by atoms with Gasteiger partial charge in [0.2, 0.25) is 0 Å². The summed E-state index contributed by atoms with van der Waals surface area (Å²) in [5, 5.41) is 0. The minimum absolute atomic E-state index is 0.287. The fraction of sp³-hybridized carbons (Fsp3) is 0.550. The Morgan fingerprint density at radius 3 is 2.52 bits per heavy atom. The Kier molecular flexibility index (Phi) is 6.19. The van der Waals surface area contributed by atoms with Gasteiger partial charge in [-0.15, -0.1) is 0 Å². The predicted molar refractivity (Wildman–Crippen MR) is 94.9 cm³/mol. The molecule has 1 atom stereocenters. The van der Waals surface area contributed by atoms with Gasteiger partial charge in [0.05, 0.1) is 5.56 Å². The number of halogens is 4. The van der Waals surface area contributed by atoms with Gasteiger partial charge in [0.15, 0.2) is 5.78 Å². The number of rotatable bonds is 5. The van der Waals surface area contributed by atoms with E-state index in [-0.39, 0.29) is 5.56 Å². The van der Waals surface area contributed by atoms with Crippen molar-refractivity contribution in [3.05, 3.63) is 47.4 Å². The molecule has 1 aromatic carbocycles. The van der Waals surface area contributed by atoms with Crippen molar-refractivity contribution in [3.8, 4) is 0 Å². The number of hydrogen-bond acceptors (Lipinski definition) is 3. The van der Waals surface area contributed by atoms with Crippen LogP contribution >= 0.6 is 0 Å². The van der Waals surface area contributed by atoms with Crippen LogP contribution in [0.4, 0.5) is 17.6 Å². The number of alkyl halides is 3. The van der Waals surface area contributed by atoms with E-state index < -0.39 is 23.3 Å². The standard InChI is InChI=1S/C20H24F4N2O/c21-17-12-15(11-16(13-17)20(22,23)24)19(27)6-10-26-9-4-5-18(26)14-25-7-2-1-3-8-25/h6,10-13,18H,1-5,7-9,14H2/b10-6+/t18-/m0/s1. The van der Waals surface area contributed by atoms with E-state index in [1.54, 1.807) is 6.20 Å². The first-order valence-corrected chi connectivity index (χ1v) is 9.41.